The van der Waals surface area contributed by atoms with Crippen LogP contribution in [0.5, 0.6) is 5.75 Å². The molecule has 1 amide bonds. The first-order valence-electron chi connectivity index (χ1n) is 9.33. The van der Waals surface area contributed by atoms with E-state index in [2.05, 4.69) is 9.84 Å². The van der Waals surface area contributed by atoms with E-state index in [1.54, 1.807) is 24.3 Å². The Bertz CT molecular complexity index is 1240. The molecule has 0 saturated carbocycles. The van der Waals surface area contributed by atoms with E-state index in [4.69, 9.17) is 17.3 Å². The van der Waals surface area contributed by atoms with Gasteiger partial charge in [-0.05, 0) is 42.0 Å². The van der Waals surface area contributed by atoms with Crippen molar-refractivity contribution >= 4 is 27.5 Å². The summed E-state index contributed by atoms with van der Waals surface area (Å²) in [6.07, 6.45) is 1.33. The number of alkyl halides is 2. The Kier molecular flexibility index (Phi) is 5.89. The van der Waals surface area contributed by atoms with Crippen LogP contribution in [-0.4, -0.2) is 35.0 Å². The molecule has 0 bridgehead atoms. The Labute approximate surface area is 187 Å². The zero-order valence-electron chi connectivity index (χ0n) is 16.4. The van der Waals surface area contributed by atoms with E-state index >= 15 is 0 Å². The standard InChI is InChI=1S/C20H17ClF2N4O4S/c21-14-3-1-2-12(8-14)18(24)19(28)26-9-13-10-27(25-17(13)11-26)32(29,30)16-6-4-15(5-7-16)31-20(22)23/h1-8,10,18,20H,9,11,24H2. The molecule has 1 unspecified atom stereocenters. The molecular formula is C20H17ClF2N4O4S. The molecule has 32 heavy (non-hydrogen) atoms. The smallest absolute Gasteiger partial charge is 0.387 e. The first-order valence-corrected chi connectivity index (χ1v) is 11.1. The van der Waals surface area contributed by atoms with Gasteiger partial charge in [-0.15, -0.1) is 0 Å². The molecule has 0 radical (unpaired) electrons. The lowest BCUT2D eigenvalue weighted by Crippen LogP contribution is -2.35. The number of rotatable bonds is 6. The average molecular weight is 483 g/mol. The summed E-state index contributed by atoms with van der Waals surface area (Å²) in [6.45, 7) is -2.75. The molecular weight excluding hydrogens is 466 g/mol. The molecule has 1 aliphatic rings. The first kappa shape index (κ1) is 22.2. The fourth-order valence-electron chi connectivity index (χ4n) is 3.35. The number of ether oxygens (including phenoxy) is 1. The van der Waals surface area contributed by atoms with Crippen LogP contribution < -0.4 is 10.5 Å². The highest BCUT2D eigenvalue weighted by Crippen LogP contribution is 2.27. The van der Waals surface area contributed by atoms with E-state index in [9.17, 15) is 22.0 Å². The lowest BCUT2D eigenvalue weighted by Gasteiger charge is -2.20. The fourth-order valence-corrected chi connectivity index (χ4v) is 4.71. The van der Waals surface area contributed by atoms with Gasteiger partial charge in [-0.3, -0.25) is 4.79 Å². The molecule has 4 rings (SSSR count). The lowest BCUT2D eigenvalue weighted by molar-refractivity contribution is -0.133. The second-order valence-corrected chi connectivity index (χ2v) is 9.29. The molecule has 0 fully saturated rings. The van der Waals surface area contributed by atoms with Crippen molar-refractivity contribution in [3.05, 3.63) is 76.6 Å². The molecule has 1 atom stereocenters. The SMILES string of the molecule is NC(C(=O)N1Cc2cn(S(=O)(=O)c3ccc(OC(F)F)cc3)nc2C1)c1cccc(Cl)c1. The number of carbonyl (C=O) groups is 1. The maximum absolute atomic E-state index is 12.8. The number of amides is 1. The van der Waals surface area contributed by atoms with E-state index in [1.807, 2.05) is 0 Å². The highest BCUT2D eigenvalue weighted by atomic mass is 35.5. The number of nitrogens with two attached hydrogens (primary N) is 1. The van der Waals surface area contributed by atoms with Gasteiger partial charge in [-0.1, -0.05) is 23.7 Å². The zero-order valence-corrected chi connectivity index (χ0v) is 17.9. The predicted octanol–water partition coefficient (Wildman–Crippen LogP) is 2.92. The van der Waals surface area contributed by atoms with Crippen LogP contribution in [0.15, 0.2) is 59.6 Å². The lowest BCUT2D eigenvalue weighted by atomic mass is 10.1. The third kappa shape index (κ3) is 4.31. The molecule has 168 valence electrons. The summed E-state index contributed by atoms with van der Waals surface area (Å²) in [6, 6.07) is 10.3. The number of hydrogen-bond donors (Lipinski definition) is 1. The molecule has 1 aromatic heterocycles. The van der Waals surface area contributed by atoms with E-state index in [0.717, 1.165) is 28.4 Å². The average Bonchev–Trinajstić information content (AvgIpc) is 3.32. The van der Waals surface area contributed by atoms with Crippen LogP contribution in [0.4, 0.5) is 8.78 Å². The topological polar surface area (TPSA) is 108 Å². The fraction of sp³-hybridized carbons (Fsp3) is 0.200. The molecule has 0 aliphatic carbocycles. The van der Waals surface area contributed by atoms with E-state index in [1.165, 1.54) is 11.1 Å². The van der Waals surface area contributed by atoms with Gasteiger partial charge in [0.1, 0.15) is 11.8 Å². The van der Waals surface area contributed by atoms with Crippen molar-refractivity contribution in [1.29, 1.82) is 0 Å². The summed E-state index contributed by atoms with van der Waals surface area (Å²) < 4.78 is 55.2. The molecule has 0 spiro atoms. The third-order valence-corrected chi connectivity index (χ3v) is 6.72. The van der Waals surface area contributed by atoms with E-state index in [-0.39, 0.29) is 29.6 Å². The Hall–Kier alpha value is -3.02. The van der Waals surface area contributed by atoms with Crippen molar-refractivity contribution in [2.24, 2.45) is 5.73 Å². The van der Waals surface area contributed by atoms with Crippen molar-refractivity contribution in [2.45, 2.75) is 30.6 Å². The molecule has 1 aliphatic heterocycles. The maximum Gasteiger partial charge on any atom is 0.387 e. The number of nitrogens with zero attached hydrogens (tertiary/aromatic N) is 3. The van der Waals surface area contributed by atoms with Crippen LogP contribution in [0, 0.1) is 0 Å². The third-order valence-electron chi connectivity index (χ3n) is 4.94. The molecule has 2 aromatic carbocycles. The number of carbonyl (C=O) groups excluding carboxylic acids is 1. The van der Waals surface area contributed by atoms with Gasteiger partial charge in [0.2, 0.25) is 5.91 Å². The summed E-state index contributed by atoms with van der Waals surface area (Å²) in [5.41, 5.74) is 7.64. The van der Waals surface area contributed by atoms with Gasteiger partial charge in [0, 0.05) is 23.3 Å². The highest BCUT2D eigenvalue weighted by molar-refractivity contribution is 7.89. The van der Waals surface area contributed by atoms with Crippen LogP contribution in [0.3, 0.4) is 0 Å². The van der Waals surface area contributed by atoms with Gasteiger partial charge in [0.25, 0.3) is 10.0 Å². The van der Waals surface area contributed by atoms with E-state index in [0.29, 0.717) is 21.8 Å². The summed E-state index contributed by atoms with van der Waals surface area (Å²) in [4.78, 5) is 14.1. The van der Waals surface area contributed by atoms with Crippen LogP contribution in [0.25, 0.3) is 0 Å². The molecule has 12 heteroatoms. The maximum atomic E-state index is 12.8. The second kappa shape index (κ2) is 8.49. The van der Waals surface area contributed by atoms with Crippen molar-refractivity contribution in [3.63, 3.8) is 0 Å². The van der Waals surface area contributed by atoms with Crippen LogP contribution in [0.1, 0.15) is 22.9 Å². The summed E-state index contributed by atoms with van der Waals surface area (Å²) in [5, 5.41) is 4.57. The zero-order chi connectivity index (χ0) is 23.0. The normalized spacial score (nSPS) is 14.5. The molecule has 0 saturated heterocycles. The number of fused-ring (bicyclic) bond motifs is 1. The van der Waals surface area contributed by atoms with E-state index < -0.39 is 22.7 Å². The van der Waals surface area contributed by atoms with Crippen LogP contribution >= 0.6 is 11.6 Å². The predicted molar refractivity (Wildman–Crippen MR) is 111 cm³/mol. The minimum Gasteiger partial charge on any atom is -0.435 e. The summed E-state index contributed by atoms with van der Waals surface area (Å²) >= 11 is 5.96. The van der Waals surface area contributed by atoms with Gasteiger partial charge in [0.05, 0.1) is 17.1 Å². The molecule has 3 aromatic rings. The minimum atomic E-state index is -4.04. The second-order valence-electron chi connectivity index (χ2n) is 7.06. The summed E-state index contributed by atoms with van der Waals surface area (Å²) in [7, 11) is -4.04. The quantitative estimate of drug-likeness (QED) is 0.579. The summed E-state index contributed by atoms with van der Waals surface area (Å²) in [5.74, 6) is -0.499. The van der Waals surface area contributed by atoms with Gasteiger partial charge in [-0.2, -0.15) is 26.4 Å². The van der Waals surface area contributed by atoms with Crippen molar-refractivity contribution < 1.29 is 26.7 Å². The van der Waals surface area contributed by atoms with Crippen molar-refractivity contribution in [1.82, 2.24) is 14.1 Å². The number of aromatic nitrogens is 2. The van der Waals surface area contributed by atoms with Crippen LogP contribution in [0.2, 0.25) is 5.02 Å². The minimum absolute atomic E-state index is 0.103. The molecule has 2 heterocycles. The van der Waals surface area contributed by atoms with Gasteiger partial charge >= 0.3 is 6.61 Å². The Morgan fingerprint density at radius 2 is 1.88 bits per heavy atom. The largest absolute Gasteiger partial charge is 0.435 e. The monoisotopic (exact) mass is 482 g/mol. The Morgan fingerprint density at radius 3 is 2.50 bits per heavy atom. The molecule has 2 N–H and O–H groups in total. The highest BCUT2D eigenvalue weighted by Gasteiger charge is 2.32. The Balaban J connectivity index is 1.49. The van der Waals surface area contributed by atoms with Gasteiger partial charge in [-0.25, -0.2) is 0 Å². The first-order chi connectivity index (χ1) is 15.1. The van der Waals surface area contributed by atoms with Crippen LogP contribution in [-0.2, 0) is 27.9 Å². The van der Waals surface area contributed by atoms with Crippen molar-refractivity contribution in [2.75, 3.05) is 0 Å². The van der Waals surface area contributed by atoms with Crippen molar-refractivity contribution in [3.8, 4) is 5.75 Å². The number of hydrogen-bond acceptors (Lipinski definition) is 6. The number of halogens is 3. The van der Waals surface area contributed by atoms with Gasteiger partial charge in [0.15, 0.2) is 0 Å². The Morgan fingerprint density at radius 1 is 1.16 bits per heavy atom. The molecule has 8 nitrogen and oxygen atoms in total. The van der Waals surface area contributed by atoms with Gasteiger partial charge < -0.3 is 15.4 Å². The number of benzene rings is 2.